The molecule has 2 saturated heterocycles. The second kappa shape index (κ2) is 4.51. The maximum Gasteiger partial charge on any atom is 0.240 e. The van der Waals surface area contributed by atoms with Crippen LogP contribution in [0.1, 0.15) is 26.2 Å². The number of nitrogens with zero attached hydrogens (tertiary/aromatic N) is 1. The maximum absolute atomic E-state index is 12.0. The molecule has 0 saturated carbocycles. The number of carbonyl (C=O) groups is 2. The Bertz CT molecular complexity index is 306. The van der Waals surface area contributed by atoms with Crippen LogP contribution in [0.4, 0.5) is 0 Å². The molecule has 0 aromatic carbocycles. The summed E-state index contributed by atoms with van der Waals surface area (Å²) in [6.45, 7) is 3.05. The molecule has 2 aliphatic rings. The third-order valence-electron chi connectivity index (χ3n) is 3.46. The summed E-state index contributed by atoms with van der Waals surface area (Å²) in [5, 5.41) is 3.14. The number of Topliss-reactive ketones (excluding diaryl/α,β-unsaturated/α-hetero) is 1. The summed E-state index contributed by atoms with van der Waals surface area (Å²) in [7, 11) is 0. The monoisotopic (exact) mass is 225 g/mol. The summed E-state index contributed by atoms with van der Waals surface area (Å²) in [6.07, 6.45) is 2.44. The lowest BCUT2D eigenvalue weighted by Crippen LogP contribution is -2.47. The summed E-state index contributed by atoms with van der Waals surface area (Å²) in [6, 6.07) is -0.544. The predicted octanol–water partition coefficient (Wildman–Crippen LogP) is -0.744. The number of fused-ring (bicyclic) bond motifs is 1. The predicted molar refractivity (Wildman–Crippen MR) is 59.8 cm³/mol. The van der Waals surface area contributed by atoms with Gasteiger partial charge in [0, 0.05) is 0 Å². The molecule has 90 valence electrons. The topological polar surface area (TPSA) is 75.4 Å². The molecule has 0 bridgehead atoms. The van der Waals surface area contributed by atoms with E-state index >= 15 is 0 Å². The lowest BCUT2D eigenvalue weighted by molar-refractivity contribution is -0.134. The molecule has 5 nitrogen and oxygen atoms in total. The zero-order valence-electron chi connectivity index (χ0n) is 9.61. The summed E-state index contributed by atoms with van der Waals surface area (Å²) < 4.78 is 0. The van der Waals surface area contributed by atoms with Gasteiger partial charge in [-0.3, -0.25) is 9.59 Å². The van der Waals surface area contributed by atoms with Gasteiger partial charge >= 0.3 is 0 Å². The van der Waals surface area contributed by atoms with E-state index in [0.29, 0.717) is 6.42 Å². The molecular formula is C11H19N3O2. The molecule has 3 atom stereocenters. The minimum atomic E-state index is -0.447. The van der Waals surface area contributed by atoms with Crippen LogP contribution in [-0.2, 0) is 9.59 Å². The highest BCUT2D eigenvalue weighted by Crippen LogP contribution is 2.23. The number of nitrogens with two attached hydrogens (primary N) is 1. The second-order valence-corrected chi connectivity index (χ2v) is 4.62. The van der Waals surface area contributed by atoms with Gasteiger partial charge in [0.1, 0.15) is 0 Å². The van der Waals surface area contributed by atoms with Gasteiger partial charge in [-0.05, 0) is 19.4 Å². The molecule has 3 unspecified atom stereocenters. The summed E-state index contributed by atoms with van der Waals surface area (Å²) in [5.74, 6) is 0.0611. The van der Waals surface area contributed by atoms with Crippen molar-refractivity contribution in [3.05, 3.63) is 0 Å². The van der Waals surface area contributed by atoms with Crippen molar-refractivity contribution in [1.29, 1.82) is 0 Å². The molecule has 0 radical (unpaired) electrons. The Hall–Kier alpha value is -0.940. The summed E-state index contributed by atoms with van der Waals surface area (Å²) in [5.41, 5.74) is 5.81. The molecular weight excluding hydrogens is 206 g/mol. The van der Waals surface area contributed by atoms with Gasteiger partial charge < -0.3 is 16.0 Å². The molecule has 2 rings (SSSR count). The number of carbonyl (C=O) groups excluding carboxylic acids is 2. The molecule has 0 aliphatic carbocycles. The molecule has 16 heavy (non-hydrogen) atoms. The highest BCUT2D eigenvalue weighted by atomic mass is 16.2. The first-order chi connectivity index (χ1) is 7.65. The van der Waals surface area contributed by atoms with Crippen LogP contribution in [0.15, 0.2) is 0 Å². The van der Waals surface area contributed by atoms with Crippen molar-refractivity contribution in [1.82, 2.24) is 10.2 Å². The fourth-order valence-corrected chi connectivity index (χ4v) is 2.63. The van der Waals surface area contributed by atoms with Crippen molar-refractivity contribution in [2.75, 3.05) is 13.1 Å². The van der Waals surface area contributed by atoms with Gasteiger partial charge in [0.15, 0.2) is 5.78 Å². The number of hydrogen-bond acceptors (Lipinski definition) is 4. The van der Waals surface area contributed by atoms with Crippen molar-refractivity contribution in [3.63, 3.8) is 0 Å². The van der Waals surface area contributed by atoms with Crippen LogP contribution in [0.25, 0.3) is 0 Å². The van der Waals surface area contributed by atoms with Gasteiger partial charge in [-0.2, -0.15) is 0 Å². The lowest BCUT2D eigenvalue weighted by atomic mass is 10.1. The largest absolute Gasteiger partial charge is 0.329 e. The normalized spacial score (nSPS) is 30.6. The third kappa shape index (κ3) is 1.85. The molecule has 2 fully saturated rings. The van der Waals surface area contributed by atoms with Gasteiger partial charge in [0.05, 0.1) is 24.7 Å². The Kier molecular flexibility index (Phi) is 3.25. The Morgan fingerprint density at radius 2 is 2.44 bits per heavy atom. The molecule has 2 heterocycles. The molecule has 0 spiro atoms. The first-order valence-electron chi connectivity index (χ1n) is 5.97. The van der Waals surface area contributed by atoms with Crippen molar-refractivity contribution in [2.24, 2.45) is 5.73 Å². The molecule has 1 amide bonds. The van der Waals surface area contributed by atoms with Crippen LogP contribution in [0, 0.1) is 0 Å². The Balaban J connectivity index is 2.04. The molecule has 5 heteroatoms. The number of rotatable bonds is 3. The lowest BCUT2D eigenvalue weighted by Gasteiger charge is -2.25. The number of likely N-dealkylation sites (tertiary alicyclic amines) is 1. The van der Waals surface area contributed by atoms with E-state index in [1.165, 1.54) is 0 Å². The van der Waals surface area contributed by atoms with E-state index in [-0.39, 0.29) is 30.3 Å². The molecule has 0 aromatic heterocycles. The average Bonchev–Trinajstić information content (AvgIpc) is 2.82. The van der Waals surface area contributed by atoms with Crippen molar-refractivity contribution in [2.45, 2.75) is 44.3 Å². The minimum absolute atomic E-state index is 0.0444. The zero-order valence-corrected chi connectivity index (χ0v) is 9.61. The fourth-order valence-electron chi connectivity index (χ4n) is 2.63. The summed E-state index contributed by atoms with van der Waals surface area (Å²) in [4.78, 5) is 25.4. The second-order valence-electron chi connectivity index (χ2n) is 4.62. The molecule has 3 N–H and O–H groups in total. The number of ketones is 1. The van der Waals surface area contributed by atoms with Gasteiger partial charge in [-0.25, -0.2) is 0 Å². The van der Waals surface area contributed by atoms with Gasteiger partial charge in [0.25, 0.3) is 0 Å². The zero-order chi connectivity index (χ0) is 11.7. The Morgan fingerprint density at radius 3 is 3.12 bits per heavy atom. The number of hydrogen-bond donors (Lipinski definition) is 2. The van der Waals surface area contributed by atoms with E-state index in [1.807, 2.05) is 6.92 Å². The summed E-state index contributed by atoms with van der Waals surface area (Å²) >= 11 is 0. The average molecular weight is 225 g/mol. The molecule has 0 aromatic rings. The highest BCUT2D eigenvalue weighted by molar-refractivity contribution is 5.95. The smallest absolute Gasteiger partial charge is 0.240 e. The SMILES string of the molecule is CCCC(N)C(=O)N1CC(=O)C2NCCC21. The van der Waals surface area contributed by atoms with Crippen LogP contribution >= 0.6 is 0 Å². The van der Waals surface area contributed by atoms with Gasteiger partial charge in [-0.1, -0.05) is 13.3 Å². The van der Waals surface area contributed by atoms with Crippen LogP contribution in [0.5, 0.6) is 0 Å². The number of amides is 1. The first-order valence-corrected chi connectivity index (χ1v) is 5.97. The van der Waals surface area contributed by atoms with Gasteiger partial charge in [-0.15, -0.1) is 0 Å². The maximum atomic E-state index is 12.0. The van der Waals surface area contributed by atoms with Gasteiger partial charge in [0.2, 0.25) is 5.91 Å². The van der Waals surface area contributed by atoms with Crippen molar-refractivity contribution >= 4 is 11.7 Å². The van der Waals surface area contributed by atoms with E-state index in [4.69, 9.17) is 5.73 Å². The third-order valence-corrected chi connectivity index (χ3v) is 3.46. The van der Waals surface area contributed by atoms with Crippen LogP contribution in [0.2, 0.25) is 0 Å². The van der Waals surface area contributed by atoms with E-state index in [9.17, 15) is 9.59 Å². The Labute approximate surface area is 95.3 Å². The van der Waals surface area contributed by atoms with E-state index in [2.05, 4.69) is 5.32 Å². The quantitative estimate of drug-likeness (QED) is 0.663. The molecule has 2 aliphatic heterocycles. The van der Waals surface area contributed by atoms with Crippen LogP contribution in [-0.4, -0.2) is 47.8 Å². The highest BCUT2D eigenvalue weighted by Gasteiger charge is 2.46. The van der Waals surface area contributed by atoms with E-state index in [0.717, 1.165) is 19.4 Å². The van der Waals surface area contributed by atoms with Crippen LogP contribution in [0.3, 0.4) is 0 Å². The van der Waals surface area contributed by atoms with Crippen molar-refractivity contribution in [3.8, 4) is 0 Å². The Morgan fingerprint density at radius 1 is 1.69 bits per heavy atom. The first kappa shape index (κ1) is 11.5. The van der Waals surface area contributed by atoms with Crippen LogP contribution < -0.4 is 11.1 Å². The number of nitrogens with one attached hydrogen (secondary N) is 1. The minimum Gasteiger partial charge on any atom is -0.329 e. The fraction of sp³-hybridized carbons (Fsp3) is 0.818. The van der Waals surface area contributed by atoms with E-state index < -0.39 is 6.04 Å². The standard InChI is InChI=1S/C11H19N3O2/c1-2-3-7(12)11(16)14-6-9(15)10-8(14)4-5-13-10/h7-8,10,13H,2-6,12H2,1H3. The van der Waals surface area contributed by atoms with Crippen molar-refractivity contribution < 1.29 is 9.59 Å². The van der Waals surface area contributed by atoms with E-state index in [1.54, 1.807) is 4.90 Å².